The van der Waals surface area contributed by atoms with E-state index in [0.29, 0.717) is 23.3 Å². The first-order valence-electron chi connectivity index (χ1n) is 6.20. The molecule has 0 saturated heterocycles. The minimum Gasteiger partial charge on any atom is -0.229 e. The van der Waals surface area contributed by atoms with Crippen LogP contribution in [0.15, 0.2) is 0 Å². The van der Waals surface area contributed by atoms with E-state index < -0.39 is 9.84 Å². The molecular weight excluding hydrogens is 208 g/mol. The van der Waals surface area contributed by atoms with Crippen molar-refractivity contribution in [1.82, 2.24) is 0 Å². The van der Waals surface area contributed by atoms with Crippen LogP contribution >= 0.6 is 0 Å². The van der Waals surface area contributed by atoms with Gasteiger partial charge in [-0.15, -0.1) is 0 Å². The normalized spacial score (nSPS) is 19.7. The molecule has 0 spiro atoms. The van der Waals surface area contributed by atoms with Crippen LogP contribution in [0.25, 0.3) is 0 Å². The van der Waals surface area contributed by atoms with Crippen LogP contribution in [0.5, 0.6) is 0 Å². The van der Waals surface area contributed by atoms with Gasteiger partial charge in [0, 0.05) is 0 Å². The van der Waals surface area contributed by atoms with Gasteiger partial charge in [0.1, 0.15) is 0 Å². The van der Waals surface area contributed by atoms with Crippen LogP contribution in [0.1, 0.15) is 52.4 Å². The van der Waals surface area contributed by atoms with E-state index in [1.54, 1.807) is 0 Å². The first kappa shape index (κ1) is 13.0. The van der Waals surface area contributed by atoms with Gasteiger partial charge >= 0.3 is 0 Å². The predicted molar refractivity (Wildman–Crippen MR) is 64.7 cm³/mol. The van der Waals surface area contributed by atoms with Crippen LogP contribution in [0.3, 0.4) is 0 Å². The van der Waals surface area contributed by atoms with E-state index in [4.69, 9.17) is 0 Å². The molecule has 0 aromatic heterocycles. The van der Waals surface area contributed by atoms with E-state index in [1.807, 2.05) is 0 Å². The van der Waals surface area contributed by atoms with Gasteiger partial charge in [-0.3, -0.25) is 0 Å². The summed E-state index contributed by atoms with van der Waals surface area (Å²) in [5, 5.41) is 0. The van der Waals surface area contributed by atoms with Crippen molar-refractivity contribution in [2.24, 2.45) is 11.8 Å². The number of hydrogen-bond donors (Lipinski definition) is 0. The highest BCUT2D eigenvalue weighted by atomic mass is 32.2. The van der Waals surface area contributed by atoms with Gasteiger partial charge in [0.25, 0.3) is 0 Å². The van der Waals surface area contributed by atoms with Gasteiger partial charge in [0.2, 0.25) is 0 Å². The molecule has 1 rings (SSSR count). The average molecular weight is 232 g/mol. The summed E-state index contributed by atoms with van der Waals surface area (Å²) < 4.78 is 23.6. The first-order chi connectivity index (χ1) is 6.99. The lowest BCUT2D eigenvalue weighted by Crippen LogP contribution is -2.21. The lowest BCUT2D eigenvalue weighted by Gasteiger charge is -2.21. The summed E-state index contributed by atoms with van der Waals surface area (Å²) in [6.07, 6.45) is 6.81. The van der Waals surface area contributed by atoms with Gasteiger partial charge in [-0.25, -0.2) is 8.42 Å². The molecule has 15 heavy (non-hydrogen) atoms. The fraction of sp³-hybridized carbons (Fsp3) is 1.00. The van der Waals surface area contributed by atoms with Crippen LogP contribution in [-0.4, -0.2) is 19.9 Å². The Kier molecular flexibility index (Phi) is 5.10. The topological polar surface area (TPSA) is 34.1 Å². The molecule has 0 heterocycles. The van der Waals surface area contributed by atoms with E-state index in [1.165, 1.54) is 19.3 Å². The van der Waals surface area contributed by atoms with Gasteiger partial charge in [0.05, 0.1) is 11.5 Å². The SMILES string of the molecule is CC(C)CCS(=O)(=O)CC1CCCCC1. The zero-order valence-corrected chi connectivity index (χ0v) is 10.9. The molecule has 0 amide bonds. The molecule has 90 valence electrons. The molecule has 1 fully saturated rings. The van der Waals surface area contributed by atoms with Gasteiger partial charge < -0.3 is 0 Å². The number of hydrogen-bond acceptors (Lipinski definition) is 2. The molecule has 0 aromatic carbocycles. The van der Waals surface area contributed by atoms with Crippen molar-refractivity contribution in [1.29, 1.82) is 0 Å². The Morgan fingerprint density at radius 2 is 1.73 bits per heavy atom. The summed E-state index contributed by atoms with van der Waals surface area (Å²) in [7, 11) is -2.78. The monoisotopic (exact) mass is 232 g/mol. The first-order valence-corrected chi connectivity index (χ1v) is 8.02. The van der Waals surface area contributed by atoms with Crippen LogP contribution in [0, 0.1) is 11.8 Å². The Morgan fingerprint density at radius 3 is 2.27 bits per heavy atom. The number of rotatable bonds is 5. The molecule has 0 atom stereocenters. The molecule has 1 aliphatic carbocycles. The van der Waals surface area contributed by atoms with E-state index in [0.717, 1.165) is 19.3 Å². The molecule has 0 aromatic rings. The second-order valence-electron chi connectivity index (χ2n) is 5.30. The van der Waals surface area contributed by atoms with Crippen molar-refractivity contribution >= 4 is 9.84 Å². The third-order valence-corrected chi connectivity index (χ3v) is 5.06. The third-order valence-electron chi connectivity index (χ3n) is 3.22. The van der Waals surface area contributed by atoms with Gasteiger partial charge in [-0.1, -0.05) is 33.1 Å². The lowest BCUT2D eigenvalue weighted by atomic mass is 9.91. The minimum absolute atomic E-state index is 0.390. The van der Waals surface area contributed by atoms with Crippen LogP contribution < -0.4 is 0 Å². The highest BCUT2D eigenvalue weighted by Crippen LogP contribution is 2.25. The molecule has 0 N–H and O–H groups in total. The Bertz CT molecular complexity index is 261. The molecule has 0 bridgehead atoms. The van der Waals surface area contributed by atoms with Crippen molar-refractivity contribution in [2.75, 3.05) is 11.5 Å². The summed E-state index contributed by atoms with van der Waals surface area (Å²) in [6, 6.07) is 0. The fourth-order valence-electron chi connectivity index (χ4n) is 2.21. The summed E-state index contributed by atoms with van der Waals surface area (Å²) >= 11 is 0. The third kappa shape index (κ3) is 5.55. The maximum Gasteiger partial charge on any atom is 0.150 e. The minimum atomic E-state index is -2.78. The van der Waals surface area contributed by atoms with E-state index >= 15 is 0 Å². The van der Waals surface area contributed by atoms with E-state index in [2.05, 4.69) is 13.8 Å². The molecular formula is C12H24O2S. The van der Waals surface area contributed by atoms with Gasteiger partial charge in [-0.2, -0.15) is 0 Å². The second-order valence-corrected chi connectivity index (χ2v) is 7.53. The van der Waals surface area contributed by atoms with Crippen LogP contribution in [0.4, 0.5) is 0 Å². The average Bonchev–Trinajstić information content (AvgIpc) is 2.16. The van der Waals surface area contributed by atoms with Crippen LogP contribution in [0.2, 0.25) is 0 Å². The quantitative estimate of drug-likeness (QED) is 0.730. The Hall–Kier alpha value is -0.0500. The summed E-state index contributed by atoms with van der Waals surface area (Å²) in [4.78, 5) is 0. The Morgan fingerprint density at radius 1 is 1.13 bits per heavy atom. The highest BCUT2D eigenvalue weighted by molar-refractivity contribution is 7.91. The van der Waals surface area contributed by atoms with E-state index in [9.17, 15) is 8.42 Å². The largest absolute Gasteiger partial charge is 0.229 e. The smallest absolute Gasteiger partial charge is 0.150 e. The molecule has 1 saturated carbocycles. The molecule has 0 aliphatic heterocycles. The molecule has 0 radical (unpaired) electrons. The standard InChI is InChI=1S/C12H24O2S/c1-11(2)8-9-15(13,14)10-12-6-4-3-5-7-12/h11-12H,3-10H2,1-2H3. The molecule has 1 aliphatic rings. The van der Waals surface area contributed by atoms with Crippen molar-refractivity contribution in [3.05, 3.63) is 0 Å². The van der Waals surface area contributed by atoms with E-state index in [-0.39, 0.29) is 0 Å². The van der Waals surface area contributed by atoms with Crippen molar-refractivity contribution in [3.63, 3.8) is 0 Å². The molecule has 0 unspecified atom stereocenters. The van der Waals surface area contributed by atoms with Crippen molar-refractivity contribution in [3.8, 4) is 0 Å². The Labute approximate surface area is 94.4 Å². The van der Waals surface area contributed by atoms with Gasteiger partial charge in [-0.05, 0) is 31.1 Å². The number of sulfone groups is 1. The zero-order chi connectivity index (χ0) is 11.3. The summed E-state index contributed by atoms with van der Waals surface area (Å²) in [5.41, 5.74) is 0. The molecule has 2 nitrogen and oxygen atoms in total. The van der Waals surface area contributed by atoms with Crippen molar-refractivity contribution < 1.29 is 8.42 Å². The van der Waals surface area contributed by atoms with Crippen LogP contribution in [-0.2, 0) is 9.84 Å². The lowest BCUT2D eigenvalue weighted by molar-refractivity contribution is 0.384. The zero-order valence-electron chi connectivity index (χ0n) is 10.0. The highest BCUT2D eigenvalue weighted by Gasteiger charge is 2.21. The second kappa shape index (κ2) is 5.88. The molecule has 3 heteroatoms. The summed E-state index contributed by atoms with van der Waals surface area (Å²) in [5.74, 6) is 1.78. The maximum atomic E-state index is 11.8. The van der Waals surface area contributed by atoms with Crippen molar-refractivity contribution in [2.45, 2.75) is 52.4 Å². The Balaban J connectivity index is 2.34. The summed E-state index contributed by atoms with van der Waals surface area (Å²) in [6.45, 7) is 4.16. The predicted octanol–water partition coefficient (Wildman–Crippen LogP) is 3.03. The van der Waals surface area contributed by atoms with Gasteiger partial charge in [0.15, 0.2) is 9.84 Å². The maximum absolute atomic E-state index is 11.8. The fourth-order valence-corrected chi connectivity index (χ4v) is 4.26.